The summed E-state index contributed by atoms with van der Waals surface area (Å²) in [5.74, 6) is -0.0227. The van der Waals surface area contributed by atoms with Crippen LogP contribution < -0.4 is 0 Å². The molecule has 0 radical (unpaired) electrons. The van der Waals surface area contributed by atoms with Crippen LogP contribution in [0.3, 0.4) is 0 Å². The Bertz CT molecular complexity index is 755. The number of benzene rings is 1. The average Bonchev–Trinajstić information content (AvgIpc) is 2.67. The normalized spacial score (nSPS) is 20.6. The fourth-order valence-electron chi connectivity index (χ4n) is 3.79. The van der Waals surface area contributed by atoms with Gasteiger partial charge in [-0.25, -0.2) is 8.42 Å². The third-order valence-corrected chi connectivity index (χ3v) is 7.48. The molecule has 1 aromatic rings. The summed E-state index contributed by atoms with van der Waals surface area (Å²) in [5.41, 5.74) is 0.663. The zero-order chi connectivity index (χ0) is 19.7. The number of carbonyl (C=O) groups excluding carboxylic acids is 1. The van der Waals surface area contributed by atoms with E-state index in [2.05, 4.69) is 25.7 Å². The predicted octanol–water partition coefficient (Wildman–Crippen LogP) is 2.42. The maximum absolute atomic E-state index is 12.8. The zero-order valence-corrected chi connectivity index (χ0v) is 17.5. The van der Waals surface area contributed by atoms with Crippen LogP contribution in [0.15, 0.2) is 29.2 Å². The Morgan fingerprint density at radius 1 is 0.852 bits per heavy atom. The van der Waals surface area contributed by atoms with E-state index in [1.165, 1.54) is 0 Å². The lowest BCUT2D eigenvalue weighted by atomic mass is 10.0. The van der Waals surface area contributed by atoms with Gasteiger partial charge in [0.25, 0.3) is 5.91 Å². The third-order valence-electron chi connectivity index (χ3n) is 5.57. The summed E-state index contributed by atoms with van der Waals surface area (Å²) in [6.07, 6.45) is 2.91. The van der Waals surface area contributed by atoms with Crippen LogP contribution in [0.2, 0.25) is 0 Å². The fourth-order valence-corrected chi connectivity index (χ4v) is 5.30. The number of rotatable bonds is 3. The minimum atomic E-state index is -3.45. The summed E-state index contributed by atoms with van der Waals surface area (Å²) in [7, 11) is -3.45. The van der Waals surface area contributed by atoms with E-state index < -0.39 is 10.0 Å². The highest BCUT2D eigenvalue weighted by Gasteiger charge is 2.29. The van der Waals surface area contributed by atoms with Crippen molar-refractivity contribution in [3.8, 4) is 0 Å². The second kappa shape index (κ2) is 7.89. The van der Waals surface area contributed by atoms with Gasteiger partial charge in [0.05, 0.1) is 4.90 Å². The third kappa shape index (κ3) is 4.52. The molecular formula is C20H31N3O3S. The number of carbonyl (C=O) groups is 1. The van der Waals surface area contributed by atoms with Crippen molar-refractivity contribution in [2.75, 3.05) is 39.3 Å². The van der Waals surface area contributed by atoms with Crippen LogP contribution >= 0.6 is 0 Å². The second-order valence-electron chi connectivity index (χ2n) is 8.44. The predicted molar refractivity (Wildman–Crippen MR) is 106 cm³/mol. The van der Waals surface area contributed by atoms with E-state index in [9.17, 15) is 13.2 Å². The zero-order valence-electron chi connectivity index (χ0n) is 16.6. The Hall–Kier alpha value is -1.44. The van der Waals surface area contributed by atoms with Gasteiger partial charge in [0.15, 0.2) is 0 Å². The van der Waals surface area contributed by atoms with Crippen LogP contribution in [0.5, 0.6) is 0 Å². The number of piperidine rings is 1. The smallest absolute Gasteiger partial charge is 0.253 e. The molecule has 0 aliphatic carbocycles. The molecule has 0 unspecified atom stereocenters. The largest absolute Gasteiger partial charge is 0.336 e. The van der Waals surface area contributed by atoms with Gasteiger partial charge in [-0.1, -0.05) is 6.42 Å². The lowest BCUT2D eigenvalue weighted by molar-refractivity contribution is 0.0451. The molecule has 27 heavy (non-hydrogen) atoms. The van der Waals surface area contributed by atoms with Gasteiger partial charge in [-0.05, 0) is 57.9 Å². The quantitative estimate of drug-likeness (QED) is 0.791. The molecule has 0 N–H and O–H groups in total. The summed E-state index contributed by atoms with van der Waals surface area (Å²) < 4.78 is 27.0. The maximum atomic E-state index is 12.8. The maximum Gasteiger partial charge on any atom is 0.253 e. The molecule has 2 aliphatic rings. The summed E-state index contributed by atoms with van der Waals surface area (Å²) in [6, 6.07) is 6.44. The summed E-state index contributed by atoms with van der Waals surface area (Å²) >= 11 is 0. The van der Waals surface area contributed by atoms with Gasteiger partial charge < -0.3 is 4.90 Å². The van der Waals surface area contributed by atoms with E-state index in [1.54, 1.807) is 28.6 Å². The summed E-state index contributed by atoms with van der Waals surface area (Å²) in [5, 5.41) is 0. The number of hydrogen-bond donors (Lipinski definition) is 0. The Morgan fingerprint density at radius 3 is 1.93 bits per heavy atom. The van der Waals surface area contributed by atoms with Crippen LogP contribution in [-0.2, 0) is 10.0 Å². The molecule has 6 nitrogen and oxygen atoms in total. The van der Waals surface area contributed by atoms with Gasteiger partial charge in [-0.15, -0.1) is 0 Å². The minimum absolute atomic E-state index is 0.0227. The summed E-state index contributed by atoms with van der Waals surface area (Å²) in [6.45, 7) is 10.8. The Kier molecular flexibility index (Phi) is 5.93. The molecule has 2 aliphatic heterocycles. The first-order valence-electron chi connectivity index (χ1n) is 9.84. The number of nitrogens with zero attached hydrogens (tertiary/aromatic N) is 3. The van der Waals surface area contributed by atoms with Crippen LogP contribution in [0.1, 0.15) is 50.4 Å². The van der Waals surface area contributed by atoms with Crippen LogP contribution in [0.4, 0.5) is 0 Å². The molecule has 0 bridgehead atoms. The van der Waals surface area contributed by atoms with E-state index in [4.69, 9.17) is 0 Å². The van der Waals surface area contributed by atoms with Crippen LogP contribution in [0.25, 0.3) is 0 Å². The Balaban J connectivity index is 1.66. The van der Waals surface area contributed by atoms with Gasteiger partial charge in [0.1, 0.15) is 0 Å². The van der Waals surface area contributed by atoms with Gasteiger partial charge >= 0.3 is 0 Å². The lowest BCUT2D eigenvalue weighted by Gasteiger charge is -2.42. The molecule has 2 saturated heterocycles. The highest BCUT2D eigenvalue weighted by Crippen LogP contribution is 2.22. The van der Waals surface area contributed by atoms with Gasteiger partial charge in [-0.3, -0.25) is 9.69 Å². The molecule has 2 heterocycles. The molecule has 0 aromatic heterocycles. The molecular weight excluding hydrogens is 362 g/mol. The first kappa shape index (κ1) is 20.3. The van der Waals surface area contributed by atoms with Crippen molar-refractivity contribution in [3.05, 3.63) is 29.8 Å². The lowest BCUT2D eigenvalue weighted by Crippen LogP contribution is -2.54. The average molecular weight is 394 g/mol. The standard InChI is InChI=1S/C20H31N3O3S/c1-20(2,3)22-15-13-21(14-16-22)19(24)17-7-9-18(10-8-17)27(25,26)23-11-5-4-6-12-23/h7-10H,4-6,11-16H2,1-3H3. The fraction of sp³-hybridized carbons (Fsp3) is 0.650. The van der Waals surface area contributed by atoms with Crippen LogP contribution in [-0.4, -0.2) is 73.2 Å². The van der Waals surface area contributed by atoms with Crippen molar-refractivity contribution in [3.63, 3.8) is 0 Å². The van der Waals surface area contributed by atoms with Crippen molar-refractivity contribution in [1.29, 1.82) is 0 Å². The highest BCUT2D eigenvalue weighted by atomic mass is 32.2. The minimum Gasteiger partial charge on any atom is -0.336 e. The SMILES string of the molecule is CC(C)(C)N1CCN(C(=O)c2ccc(S(=O)(=O)N3CCCCC3)cc2)CC1. The van der Waals surface area contributed by atoms with Crippen molar-refractivity contribution in [2.24, 2.45) is 0 Å². The first-order valence-corrected chi connectivity index (χ1v) is 11.3. The van der Waals surface area contributed by atoms with Crippen molar-refractivity contribution in [1.82, 2.24) is 14.1 Å². The van der Waals surface area contributed by atoms with E-state index in [-0.39, 0.29) is 16.3 Å². The number of hydrogen-bond acceptors (Lipinski definition) is 4. The van der Waals surface area contributed by atoms with Crippen molar-refractivity contribution >= 4 is 15.9 Å². The topological polar surface area (TPSA) is 60.9 Å². The molecule has 0 saturated carbocycles. The molecule has 0 atom stereocenters. The van der Waals surface area contributed by atoms with Gasteiger partial charge in [0, 0.05) is 50.4 Å². The van der Waals surface area contributed by atoms with Crippen LogP contribution in [0, 0.1) is 0 Å². The molecule has 150 valence electrons. The van der Waals surface area contributed by atoms with Gasteiger partial charge in [-0.2, -0.15) is 4.31 Å². The molecule has 0 spiro atoms. The first-order chi connectivity index (χ1) is 12.7. The Morgan fingerprint density at radius 2 is 1.41 bits per heavy atom. The van der Waals surface area contributed by atoms with Gasteiger partial charge in [0.2, 0.25) is 10.0 Å². The highest BCUT2D eigenvalue weighted by molar-refractivity contribution is 7.89. The van der Waals surface area contributed by atoms with Crippen molar-refractivity contribution < 1.29 is 13.2 Å². The second-order valence-corrected chi connectivity index (χ2v) is 10.4. The molecule has 1 amide bonds. The van der Waals surface area contributed by atoms with E-state index in [1.807, 2.05) is 4.90 Å². The van der Waals surface area contributed by atoms with E-state index in [0.29, 0.717) is 31.7 Å². The number of amides is 1. The molecule has 7 heteroatoms. The molecule has 3 rings (SSSR count). The monoisotopic (exact) mass is 393 g/mol. The molecule has 1 aromatic carbocycles. The van der Waals surface area contributed by atoms with E-state index >= 15 is 0 Å². The van der Waals surface area contributed by atoms with E-state index in [0.717, 1.165) is 32.4 Å². The summed E-state index contributed by atoms with van der Waals surface area (Å²) in [4.78, 5) is 17.3. The number of sulfonamides is 1. The molecule has 2 fully saturated rings. The van der Waals surface area contributed by atoms with Crippen molar-refractivity contribution in [2.45, 2.75) is 50.5 Å². The number of piperazine rings is 1. The Labute approximate surface area is 163 Å².